The molecule has 0 aliphatic rings. The van der Waals surface area contributed by atoms with E-state index in [0.29, 0.717) is 16.8 Å². The molecule has 1 aromatic carbocycles. The van der Waals surface area contributed by atoms with E-state index in [0.717, 1.165) is 12.1 Å². The van der Waals surface area contributed by atoms with Crippen LogP contribution >= 0.6 is 0 Å². The van der Waals surface area contributed by atoms with Gasteiger partial charge in [0, 0.05) is 11.8 Å². The molecule has 0 amide bonds. The van der Waals surface area contributed by atoms with Crippen LogP contribution in [0.15, 0.2) is 29.2 Å². The topological polar surface area (TPSA) is 83.0 Å². The SMILES string of the molecule is Cc1cnc(=O)[nH]c1-c1cc(F)cc(C(=O)O)c1. The number of carboxylic acids is 1. The molecule has 0 spiro atoms. The number of carboxylic acid groups (broad SMARTS) is 1. The van der Waals surface area contributed by atoms with Gasteiger partial charge >= 0.3 is 11.7 Å². The number of H-pyrrole nitrogens is 1. The Labute approximate surface area is 101 Å². The lowest BCUT2D eigenvalue weighted by atomic mass is 10.0. The quantitative estimate of drug-likeness (QED) is 0.845. The third-order valence-corrected chi connectivity index (χ3v) is 2.44. The normalized spacial score (nSPS) is 10.3. The Bertz CT molecular complexity index is 679. The molecule has 0 saturated carbocycles. The molecule has 0 bridgehead atoms. The van der Waals surface area contributed by atoms with Gasteiger partial charge < -0.3 is 10.1 Å². The Kier molecular flexibility index (Phi) is 2.93. The first kappa shape index (κ1) is 12.0. The minimum atomic E-state index is -1.23. The predicted molar refractivity (Wildman–Crippen MR) is 61.9 cm³/mol. The molecule has 1 heterocycles. The number of aryl methyl sites for hydroxylation is 1. The van der Waals surface area contributed by atoms with Crippen molar-refractivity contribution in [3.05, 3.63) is 51.8 Å². The molecule has 92 valence electrons. The molecule has 0 aliphatic carbocycles. The highest BCUT2D eigenvalue weighted by Gasteiger charge is 2.10. The van der Waals surface area contributed by atoms with Crippen molar-refractivity contribution in [1.29, 1.82) is 0 Å². The van der Waals surface area contributed by atoms with Crippen molar-refractivity contribution >= 4 is 5.97 Å². The number of nitrogens with one attached hydrogen (secondary N) is 1. The maximum Gasteiger partial charge on any atom is 0.345 e. The van der Waals surface area contributed by atoms with Crippen LogP contribution in [-0.4, -0.2) is 21.0 Å². The van der Waals surface area contributed by atoms with Gasteiger partial charge in [-0.3, -0.25) is 0 Å². The number of aromatic amines is 1. The maximum absolute atomic E-state index is 13.3. The fourth-order valence-corrected chi connectivity index (χ4v) is 1.62. The summed E-state index contributed by atoms with van der Waals surface area (Å²) in [5.74, 6) is -1.91. The van der Waals surface area contributed by atoms with Gasteiger partial charge in [-0.25, -0.2) is 19.0 Å². The fourth-order valence-electron chi connectivity index (χ4n) is 1.62. The zero-order chi connectivity index (χ0) is 13.3. The van der Waals surface area contributed by atoms with E-state index in [1.807, 2.05) is 0 Å². The van der Waals surface area contributed by atoms with Gasteiger partial charge in [-0.05, 0) is 30.7 Å². The molecule has 0 atom stereocenters. The Balaban J connectivity index is 2.67. The Hall–Kier alpha value is -2.50. The number of nitrogens with zero attached hydrogens (tertiary/aromatic N) is 1. The van der Waals surface area contributed by atoms with Crippen molar-refractivity contribution in [3.63, 3.8) is 0 Å². The van der Waals surface area contributed by atoms with Gasteiger partial charge in [0.1, 0.15) is 5.82 Å². The summed E-state index contributed by atoms with van der Waals surface area (Å²) < 4.78 is 13.3. The standard InChI is InChI=1S/C12H9FN2O3/c1-6-5-14-12(18)15-10(6)7-2-8(11(16)17)4-9(13)3-7/h2-5H,1H3,(H,16,17)(H,14,15,18). The summed E-state index contributed by atoms with van der Waals surface area (Å²) in [4.78, 5) is 28.0. The molecule has 0 aliphatic heterocycles. The van der Waals surface area contributed by atoms with Crippen LogP contribution in [0.25, 0.3) is 11.3 Å². The van der Waals surface area contributed by atoms with Crippen molar-refractivity contribution in [2.75, 3.05) is 0 Å². The average Bonchev–Trinajstić information content (AvgIpc) is 2.31. The average molecular weight is 248 g/mol. The number of halogens is 1. The van der Waals surface area contributed by atoms with Crippen LogP contribution in [0.5, 0.6) is 0 Å². The second-order valence-corrected chi connectivity index (χ2v) is 3.78. The monoisotopic (exact) mass is 248 g/mol. The summed E-state index contributed by atoms with van der Waals surface area (Å²) in [7, 11) is 0. The van der Waals surface area contributed by atoms with E-state index in [-0.39, 0.29) is 5.56 Å². The van der Waals surface area contributed by atoms with E-state index in [1.54, 1.807) is 6.92 Å². The summed E-state index contributed by atoms with van der Waals surface area (Å²) in [6.07, 6.45) is 1.35. The lowest BCUT2D eigenvalue weighted by molar-refractivity contribution is 0.0696. The van der Waals surface area contributed by atoms with Gasteiger partial charge in [-0.15, -0.1) is 0 Å². The molecular weight excluding hydrogens is 239 g/mol. The van der Waals surface area contributed by atoms with E-state index in [4.69, 9.17) is 5.11 Å². The third-order valence-electron chi connectivity index (χ3n) is 2.44. The second kappa shape index (κ2) is 4.40. The lowest BCUT2D eigenvalue weighted by Crippen LogP contribution is -2.11. The Morgan fingerprint density at radius 1 is 1.39 bits per heavy atom. The number of aromatic carboxylic acids is 1. The largest absolute Gasteiger partial charge is 0.478 e. The molecule has 2 rings (SSSR count). The van der Waals surface area contributed by atoms with E-state index >= 15 is 0 Å². The van der Waals surface area contributed by atoms with Crippen LogP contribution < -0.4 is 5.69 Å². The van der Waals surface area contributed by atoms with Crippen molar-refractivity contribution < 1.29 is 14.3 Å². The summed E-state index contributed by atoms with van der Waals surface area (Å²) in [5, 5.41) is 8.85. The highest BCUT2D eigenvalue weighted by Crippen LogP contribution is 2.21. The van der Waals surface area contributed by atoms with Gasteiger partial charge in [0.25, 0.3) is 0 Å². The number of rotatable bonds is 2. The molecule has 6 heteroatoms. The highest BCUT2D eigenvalue weighted by atomic mass is 19.1. The van der Waals surface area contributed by atoms with Crippen LogP contribution in [0.1, 0.15) is 15.9 Å². The minimum Gasteiger partial charge on any atom is -0.478 e. The number of hydrogen-bond donors (Lipinski definition) is 2. The van der Waals surface area contributed by atoms with Gasteiger partial charge in [0.05, 0.1) is 11.3 Å². The van der Waals surface area contributed by atoms with E-state index in [2.05, 4.69) is 9.97 Å². The molecule has 18 heavy (non-hydrogen) atoms. The summed E-state index contributed by atoms with van der Waals surface area (Å²) in [5.41, 5.74) is 0.525. The Morgan fingerprint density at radius 3 is 2.78 bits per heavy atom. The highest BCUT2D eigenvalue weighted by molar-refractivity contribution is 5.89. The molecule has 2 aromatic rings. The fraction of sp³-hybridized carbons (Fsp3) is 0.0833. The lowest BCUT2D eigenvalue weighted by Gasteiger charge is -2.06. The first-order valence-electron chi connectivity index (χ1n) is 5.07. The number of hydrogen-bond acceptors (Lipinski definition) is 3. The van der Waals surface area contributed by atoms with Crippen molar-refractivity contribution in [2.24, 2.45) is 0 Å². The molecule has 0 fully saturated rings. The van der Waals surface area contributed by atoms with Crippen LogP contribution in [0, 0.1) is 12.7 Å². The van der Waals surface area contributed by atoms with Crippen molar-refractivity contribution in [3.8, 4) is 11.3 Å². The van der Waals surface area contributed by atoms with Gasteiger partial charge in [0.2, 0.25) is 0 Å². The van der Waals surface area contributed by atoms with Crippen LogP contribution in [0.3, 0.4) is 0 Å². The second-order valence-electron chi connectivity index (χ2n) is 3.78. The predicted octanol–water partition coefficient (Wildman–Crippen LogP) is 1.58. The van der Waals surface area contributed by atoms with Crippen LogP contribution in [0.4, 0.5) is 4.39 Å². The Morgan fingerprint density at radius 2 is 2.11 bits per heavy atom. The molecule has 5 nitrogen and oxygen atoms in total. The maximum atomic E-state index is 13.3. The smallest absolute Gasteiger partial charge is 0.345 e. The summed E-state index contributed by atoms with van der Waals surface area (Å²) in [6, 6.07) is 3.37. The van der Waals surface area contributed by atoms with Gasteiger partial charge in [-0.2, -0.15) is 0 Å². The molecule has 0 unspecified atom stereocenters. The first-order chi connectivity index (χ1) is 8.47. The molecular formula is C12H9FN2O3. The number of carbonyl (C=O) groups is 1. The van der Waals surface area contributed by atoms with E-state index < -0.39 is 17.5 Å². The number of aromatic nitrogens is 2. The zero-order valence-electron chi connectivity index (χ0n) is 9.40. The van der Waals surface area contributed by atoms with Crippen molar-refractivity contribution in [2.45, 2.75) is 6.92 Å². The zero-order valence-corrected chi connectivity index (χ0v) is 9.40. The molecule has 2 N–H and O–H groups in total. The van der Waals surface area contributed by atoms with Gasteiger partial charge in [-0.1, -0.05) is 0 Å². The summed E-state index contributed by atoms with van der Waals surface area (Å²) >= 11 is 0. The first-order valence-corrected chi connectivity index (χ1v) is 5.07. The van der Waals surface area contributed by atoms with E-state index in [1.165, 1.54) is 12.3 Å². The third kappa shape index (κ3) is 2.27. The van der Waals surface area contributed by atoms with Crippen LogP contribution in [-0.2, 0) is 0 Å². The summed E-state index contributed by atoms with van der Waals surface area (Å²) in [6.45, 7) is 1.68. The molecule has 1 aromatic heterocycles. The molecule has 0 saturated heterocycles. The van der Waals surface area contributed by atoms with E-state index in [9.17, 15) is 14.0 Å². The minimum absolute atomic E-state index is 0.179. The van der Waals surface area contributed by atoms with Crippen molar-refractivity contribution in [1.82, 2.24) is 9.97 Å². The number of benzene rings is 1. The molecule has 0 radical (unpaired) electrons. The van der Waals surface area contributed by atoms with Crippen LogP contribution in [0.2, 0.25) is 0 Å². The van der Waals surface area contributed by atoms with Gasteiger partial charge in [0.15, 0.2) is 0 Å².